The van der Waals surface area contributed by atoms with E-state index >= 15 is 0 Å². The predicted octanol–water partition coefficient (Wildman–Crippen LogP) is 3.67. The van der Waals surface area contributed by atoms with Crippen LogP contribution in [-0.2, 0) is 41.6 Å². The van der Waals surface area contributed by atoms with Gasteiger partial charge in [-0.2, -0.15) is 0 Å². The molecule has 272 valence electrons. The van der Waals surface area contributed by atoms with Crippen LogP contribution in [0, 0.1) is 11.7 Å². The van der Waals surface area contributed by atoms with Crippen LogP contribution >= 0.6 is 0 Å². The highest BCUT2D eigenvalue weighted by Crippen LogP contribution is 2.35. The Bertz CT molecular complexity index is 1790. The average Bonchev–Trinajstić information content (AvgIpc) is 3.67. The van der Waals surface area contributed by atoms with Crippen LogP contribution in [0.15, 0.2) is 61.2 Å². The molecule has 1 aliphatic heterocycles. The van der Waals surface area contributed by atoms with Crippen molar-refractivity contribution in [1.82, 2.24) is 24.8 Å². The molecule has 16 heteroatoms. The van der Waals surface area contributed by atoms with Gasteiger partial charge in [0.2, 0.25) is 5.91 Å². The topological polar surface area (TPSA) is 202 Å². The summed E-state index contributed by atoms with van der Waals surface area (Å²) in [5.41, 5.74) is 8.41. The molecule has 0 bridgehead atoms. The maximum Gasteiger partial charge on any atom is 0.408 e. The number of alkyl carbamates (subject to hydrolysis) is 1. The molecule has 0 radical (unpaired) electrons. The zero-order chi connectivity index (χ0) is 36.5. The zero-order valence-electron chi connectivity index (χ0n) is 28.5. The van der Waals surface area contributed by atoms with E-state index in [2.05, 4.69) is 25.6 Å². The van der Waals surface area contributed by atoms with E-state index in [1.165, 1.54) is 29.4 Å². The van der Waals surface area contributed by atoms with E-state index in [0.29, 0.717) is 46.9 Å². The van der Waals surface area contributed by atoms with Crippen molar-refractivity contribution in [1.29, 1.82) is 0 Å². The molecule has 2 amide bonds. The number of anilines is 2. The molecule has 0 unspecified atom stereocenters. The van der Waals surface area contributed by atoms with Crippen molar-refractivity contribution in [2.24, 2.45) is 5.92 Å². The number of aromatic nitrogens is 4. The summed E-state index contributed by atoms with van der Waals surface area (Å²) in [6.07, 6.45) is -1.05. The lowest BCUT2D eigenvalue weighted by Crippen LogP contribution is -2.48. The molecule has 51 heavy (non-hydrogen) atoms. The number of hydrogen-bond donors (Lipinski definition) is 4. The number of halogens is 1. The second-order valence-electron chi connectivity index (χ2n) is 12.5. The van der Waals surface area contributed by atoms with Gasteiger partial charge in [-0.05, 0) is 54.2 Å². The van der Waals surface area contributed by atoms with E-state index < -0.39 is 42.6 Å². The minimum Gasteiger partial charge on any atom is -0.455 e. The van der Waals surface area contributed by atoms with Gasteiger partial charge in [0.05, 0.1) is 25.5 Å². The first-order valence-electron chi connectivity index (χ1n) is 16.6. The van der Waals surface area contributed by atoms with Gasteiger partial charge < -0.3 is 40.4 Å². The van der Waals surface area contributed by atoms with E-state index in [1.807, 2.05) is 20.8 Å². The number of aliphatic hydroxyl groups is 1. The summed E-state index contributed by atoms with van der Waals surface area (Å²) in [6.45, 7) is 5.91. The zero-order valence-corrected chi connectivity index (χ0v) is 28.5. The summed E-state index contributed by atoms with van der Waals surface area (Å²) >= 11 is 0. The van der Waals surface area contributed by atoms with E-state index in [-0.39, 0.29) is 37.2 Å². The number of nitrogens with one attached hydrogen (secondary N) is 2. The highest BCUT2D eigenvalue weighted by Gasteiger charge is 2.47. The third-order valence-corrected chi connectivity index (χ3v) is 8.21. The first-order chi connectivity index (χ1) is 24.5. The molecule has 5 N–H and O–H groups in total. The number of rotatable bonds is 15. The van der Waals surface area contributed by atoms with E-state index in [9.17, 15) is 23.9 Å². The molecule has 5 atom stereocenters. The minimum absolute atomic E-state index is 0.0786. The summed E-state index contributed by atoms with van der Waals surface area (Å²) in [7, 11) is 0. The lowest BCUT2D eigenvalue weighted by atomic mass is 10.1. The quantitative estimate of drug-likeness (QED) is 0.103. The van der Waals surface area contributed by atoms with Crippen molar-refractivity contribution in [2.75, 3.05) is 24.3 Å². The van der Waals surface area contributed by atoms with E-state index in [4.69, 9.17) is 24.7 Å². The van der Waals surface area contributed by atoms with Gasteiger partial charge >= 0.3 is 12.1 Å². The molecule has 15 nitrogen and oxygen atoms in total. The molecule has 1 saturated heterocycles. The second-order valence-corrected chi connectivity index (χ2v) is 12.5. The average molecular weight is 708 g/mol. The number of ether oxygens (including phenoxy) is 4. The number of imidazole rings is 1. The third kappa shape index (κ3) is 9.74. The Morgan fingerprint density at radius 2 is 1.78 bits per heavy atom. The maximum absolute atomic E-state index is 13.5. The molecular weight excluding hydrogens is 665 g/mol. The number of amides is 2. The number of hydrogen-bond acceptors (Lipinski definition) is 12. The molecule has 4 aromatic rings. The molecule has 2 aromatic carbocycles. The predicted molar refractivity (Wildman–Crippen MR) is 182 cm³/mol. The molecular formula is C35H42FN7O8. The van der Waals surface area contributed by atoms with Crippen molar-refractivity contribution in [3.8, 4) is 0 Å². The van der Waals surface area contributed by atoms with Gasteiger partial charge in [-0.25, -0.2) is 28.9 Å². The van der Waals surface area contributed by atoms with Gasteiger partial charge in [0, 0.05) is 12.3 Å². The fraction of sp³-hybridized carbons (Fsp3) is 0.429. The summed E-state index contributed by atoms with van der Waals surface area (Å²) < 4.78 is 37.6. The lowest BCUT2D eigenvalue weighted by Gasteiger charge is -2.24. The van der Waals surface area contributed by atoms with Crippen LogP contribution in [0.25, 0.3) is 11.2 Å². The Morgan fingerprint density at radius 3 is 2.49 bits per heavy atom. The second kappa shape index (κ2) is 17.2. The number of carbonyl (C=O) groups excluding carboxylic acids is 3. The molecule has 1 aliphatic rings. The lowest BCUT2D eigenvalue weighted by molar-refractivity contribution is -0.159. The SMILES string of the molecule is CC[C@H]1O[C@@H](n2cnc3c(N)ncnc32)[C@H](O)[C@@H]1OC(=O)[C@H](COCCC(C)C)NC(=O)OCc1ccc(NC(=O)Cc2ccc(F)cc2)cc1. The number of benzene rings is 2. The first kappa shape index (κ1) is 37.1. The Balaban J connectivity index is 1.17. The van der Waals surface area contributed by atoms with Crippen molar-refractivity contribution < 1.29 is 42.8 Å². The number of aliphatic hydroxyl groups excluding tert-OH is 1. The Morgan fingerprint density at radius 1 is 1.06 bits per heavy atom. The van der Waals surface area contributed by atoms with Gasteiger partial charge in [-0.1, -0.05) is 45.0 Å². The molecule has 0 spiro atoms. The van der Waals surface area contributed by atoms with Gasteiger partial charge in [0.15, 0.2) is 29.8 Å². The standard InChI is InChI=1S/C35H42FN7O8/c1-4-26-30(29(45)33(50-26)43-19-40-28-31(37)38-18-39-32(28)43)51-34(46)25(17-48-14-13-20(2)3)42-35(47)49-16-22-7-11-24(12-8-22)41-27(44)15-21-5-9-23(36)10-6-21/h5-12,18-20,25-26,29-30,33,45H,4,13-17H2,1-3H3,(H,41,44)(H,42,47)(H2,37,38,39)/t25-,26+,29+,30+,33+/m0/s1. The van der Waals surface area contributed by atoms with Crippen LogP contribution in [0.5, 0.6) is 0 Å². The van der Waals surface area contributed by atoms with Gasteiger partial charge in [0.25, 0.3) is 0 Å². The number of nitrogen functional groups attached to an aromatic ring is 1. The Hall–Kier alpha value is -5.19. The fourth-order valence-corrected chi connectivity index (χ4v) is 5.39. The number of fused-ring (bicyclic) bond motifs is 1. The third-order valence-electron chi connectivity index (χ3n) is 8.21. The fourth-order valence-electron chi connectivity index (χ4n) is 5.39. The van der Waals surface area contributed by atoms with Crippen molar-refractivity contribution in [3.63, 3.8) is 0 Å². The highest BCUT2D eigenvalue weighted by molar-refractivity contribution is 5.92. The van der Waals surface area contributed by atoms with E-state index in [0.717, 1.165) is 6.42 Å². The van der Waals surface area contributed by atoms with Gasteiger partial charge in [-0.15, -0.1) is 0 Å². The summed E-state index contributed by atoms with van der Waals surface area (Å²) in [5, 5.41) is 16.6. The Kier molecular flexibility index (Phi) is 12.5. The number of carbonyl (C=O) groups is 3. The molecule has 0 saturated carbocycles. The number of nitrogens with two attached hydrogens (primary N) is 1. The van der Waals surface area contributed by atoms with E-state index in [1.54, 1.807) is 36.4 Å². The van der Waals surface area contributed by atoms with Crippen LogP contribution in [0.3, 0.4) is 0 Å². The van der Waals surface area contributed by atoms with Crippen molar-refractivity contribution in [3.05, 3.63) is 78.1 Å². The molecule has 3 heterocycles. The highest BCUT2D eigenvalue weighted by atomic mass is 19.1. The smallest absolute Gasteiger partial charge is 0.408 e. The monoisotopic (exact) mass is 707 g/mol. The molecule has 5 rings (SSSR count). The molecule has 2 aromatic heterocycles. The largest absolute Gasteiger partial charge is 0.455 e. The van der Waals surface area contributed by atoms with Crippen LogP contribution < -0.4 is 16.4 Å². The van der Waals surface area contributed by atoms with Crippen molar-refractivity contribution in [2.45, 2.75) is 77.2 Å². The van der Waals surface area contributed by atoms with Gasteiger partial charge in [-0.3, -0.25) is 9.36 Å². The normalized spacial score (nSPS) is 19.2. The maximum atomic E-state index is 13.5. The first-order valence-corrected chi connectivity index (χ1v) is 16.6. The van der Waals surface area contributed by atoms with Gasteiger partial charge in [0.1, 0.15) is 30.4 Å². The number of esters is 1. The van der Waals surface area contributed by atoms with Crippen molar-refractivity contribution >= 4 is 40.6 Å². The molecule has 0 aliphatic carbocycles. The number of nitrogens with zero attached hydrogens (tertiary/aromatic N) is 4. The van der Waals surface area contributed by atoms with Crippen LogP contribution in [0.2, 0.25) is 0 Å². The Labute approximate surface area is 293 Å². The molecule has 1 fully saturated rings. The summed E-state index contributed by atoms with van der Waals surface area (Å²) in [4.78, 5) is 51.1. The van der Waals surface area contributed by atoms with Crippen LogP contribution in [0.4, 0.5) is 20.7 Å². The summed E-state index contributed by atoms with van der Waals surface area (Å²) in [5.74, 6) is -0.967. The van der Waals surface area contributed by atoms with Crippen LogP contribution in [0.1, 0.15) is 51.0 Å². The minimum atomic E-state index is -1.31. The van der Waals surface area contributed by atoms with Crippen LogP contribution in [-0.4, -0.2) is 80.2 Å². The summed E-state index contributed by atoms with van der Waals surface area (Å²) in [6, 6.07) is 11.1.